The van der Waals surface area contributed by atoms with Crippen molar-refractivity contribution in [2.75, 3.05) is 27.9 Å². The molecular formula is C26H32ClN3O5. The molecule has 0 aliphatic rings. The van der Waals surface area contributed by atoms with E-state index in [4.69, 9.17) is 30.8 Å². The number of hydrogen-bond donors (Lipinski definition) is 0. The molecule has 188 valence electrons. The van der Waals surface area contributed by atoms with Crippen molar-refractivity contribution in [3.05, 3.63) is 57.1 Å². The van der Waals surface area contributed by atoms with Gasteiger partial charge in [0.15, 0.2) is 11.5 Å². The molecule has 0 saturated carbocycles. The zero-order chi connectivity index (χ0) is 25.7. The van der Waals surface area contributed by atoms with Crippen LogP contribution in [0.5, 0.6) is 17.2 Å². The summed E-state index contributed by atoms with van der Waals surface area (Å²) in [5.74, 6) is 1.44. The minimum absolute atomic E-state index is 0.192. The molecule has 1 atom stereocenters. The summed E-state index contributed by atoms with van der Waals surface area (Å²) >= 11 is 6.15. The monoisotopic (exact) mass is 501 g/mol. The van der Waals surface area contributed by atoms with Crippen LogP contribution in [0.2, 0.25) is 5.02 Å². The highest BCUT2D eigenvalue weighted by molar-refractivity contribution is 6.31. The Balaban J connectivity index is 2.11. The number of rotatable bonds is 10. The molecule has 8 nitrogen and oxygen atoms in total. The second-order valence-electron chi connectivity index (χ2n) is 8.29. The van der Waals surface area contributed by atoms with Gasteiger partial charge >= 0.3 is 0 Å². The Labute approximate surface area is 210 Å². The Morgan fingerprint density at radius 2 is 1.74 bits per heavy atom. The first-order valence-corrected chi connectivity index (χ1v) is 11.9. The molecule has 9 heteroatoms. The van der Waals surface area contributed by atoms with Crippen LogP contribution in [0, 0.1) is 0 Å². The fourth-order valence-electron chi connectivity index (χ4n) is 4.15. The molecule has 0 fully saturated rings. The summed E-state index contributed by atoms with van der Waals surface area (Å²) in [6.07, 6.45) is 2.78. The number of hydrogen-bond acceptors (Lipinski definition) is 6. The fourth-order valence-corrected chi connectivity index (χ4v) is 4.31. The van der Waals surface area contributed by atoms with Gasteiger partial charge in [0.25, 0.3) is 11.5 Å². The molecule has 0 saturated heterocycles. The van der Waals surface area contributed by atoms with E-state index in [9.17, 15) is 9.59 Å². The van der Waals surface area contributed by atoms with Crippen LogP contribution in [0.4, 0.5) is 0 Å². The van der Waals surface area contributed by atoms with Gasteiger partial charge in [0.2, 0.25) is 5.75 Å². The van der Waals surface area contributed by atoms with Gasteiger partial charge in [0.05, 0.1) is 38.3 Å². The van der Waals surface area contributed by atoms with Gasteiger partial charge < -0.3 is 19.1 Å². The highest BCUT2D eigenvalue weighted by Gasteiger charge is 2.28. The topological polar surface area (TPSA) is 82.9 Å². The zero-order valence-electron chi connectivity index (χ0n) is 21.1. The average molecular weight is 502 g/mol. The summed E-state index contributed by atoms with van der Waals surface area (Å²) in [5.41, 5.74) is 0.690. The van der Waals surface area contributed by atoms with Crippen LogP contribution in [0.15, 0.2) is 35.1 Å². The third-order valence-electron chi connectivity index (χ3n) is 6.09. The molecule has 0 aliphatic carbocycles. The number of aromatic nitrogens is 2. The van der Waals surface area contributed by atoms with Crippen molar-refractivity contribution >= 4 is 28.4 Å². The van der Waals surface area contributed by atoms with E-state index < -0.39 is 6.04 Å². The highest BCUT2D eigenvalue weighted by Crippen LogP contribution is 2.39. The number of amides is 1. The Morgan fingerprint density at radius 3 is 2.31 bits per heavy atom. The number of nitrogens with zero attached hydrogens (tertiary/aromatic N) is 3. The summed E-state index contributed by atoms with van der Waals surface area (Å²) in [4.78, 5) is 33.4. The van der Waals surface area contributed by atoms with E-state index in [1.54, 1.807) is 42.3 Å². The van der Waals surface area contributed by atoms with Gasteiger partial charge in [-0.3, -0.25) is 14.2 Å². The number of ether oxygens (including phenoxy) is 3. The van der Waals surface area contributed by atoms with Gasteiger partial charge in [-0.25, -0.2) is 4.98 Å². The van der Waals surface area contributed by atoms with E-state index in [-0.39, 0.29) is 11.5 Å². The summed E-state index contributed by atoms with van der Waals surface area (Å²) in [6.45, 7) is 4.47. The first kappa shape index (κ1) is 26.3. The van der Waals surface area contributed by atoms with E-state index in [0.717, 1.165) is 19.3 Å². The molecule has 1 aromatic heterocycles. The van der Waals surface area contributed by atoms with Crippen LogP contribution in [0.25, 0.3) is 10.9 Å². The van der Waals surface area contributed by atoms with E-state index in [2.05, 4.69) is 6.92 Å². The van der Waals surface area contributed by atoms with Crippen LogP contribution in [-0.2, 0) is 7.05 Å². The number of halogens is 1. The maximum atomic E-state index is 13.8. The normalized spacial score (nSPS) is 11.9. The standard InChI is InChI=1S/C26H32ClN3O5/c1-7-8-9-12-30(25(31)17-13-21(33-4)23(35-6)22(14-17)34-5)16(2)24-28-20-15-18(27)10-11-19(20)26(32)29(24)3/h10-11,13-16H,7-9,12H2,1-6H3. The summed E-state index contributed by atoms with van der Waals surface area (Å²) in [6, 6.07) is 7.78. The van der Waals surface area contributed by atoms with Crippen LogP contribution in [-0.4, -0.2) is 48.2 Å². The van der Waals surface area contributed by atoms with E-state index in [1.165, 1.54) is 25.9 Å². The maximum absolute atomic E-state index is 13.8. The van der Waals surface area contributed by atoms with Crippen molar-refractivity contribution in [2.45, 2.75) is 39.2 Å². The lowest BCUT2D eigenvalue weighted by atomic mass is 10.1. The lowest BCUT2D eigenvalue weighted by Crippen LogP contribution is -2.38. The summed E-state index contributed by atoms with van der Waals surface area (Å²) in [5, 5.41) is 0.964. The lowest BCUT2D eigenvalue weighted by molar-refractivity contribution is 0.0675. The van der Waals surface area contributed by atoms with Crippen LogP contribution in [0.1, 0.15) is 55.3 Å². The highest BCUT2D eigenvalue weighted by atomic mass is 35.5. The molecule has 3 rings (SSSR count). The predicted molar refractivity (Wildman–Crippen MR) is 137 cm³/mol. The average Bonchev–Trinajstić information content (AvgIpc) is 2.86. The van der Waals surface area contributed by atoms with Crippen LogP contribution >= 0.6 is 11.6 Å². The van der Waals surface area contributed by atoms with Crippen molar-refractivity contribution in [3.8, 4) is 17.2 Å². The third-order valence-corrected chi connectivity index (χ3v) is 6.32. The number of unbranched alkanes of at least 4 members (excludes halogenated alkanes) is 2. The van der Waals surface area contributed by atoms with E-state index >= 15 is 0 Å². The molecule has 0 radical (unpaired) electrons. The lowest BCUT2D eigenvalue weighted by Gasteiger charge is -2.30. The Bertz CT molecular complexity index is 1250. The molecule has 0 spiro atoms. The minimum atomic E-state index is -0.487. The molecule has 1 amide bonds. The Morgan fingerprint density at radius 1 is 1.09 bits per heavy atom. The number of carbonyl (C=O) groups excluding carboxylic acids is 1. The number of carbonyl (C=O) groups is 1. The molecule has 2 aromatic carbocycles. The predicted octanol–water partition coefficient (Wildman–Crippen LogP) is 5.01. The van der Waals surface area contributed by atoms with Crippen molar-refractivity contribution in [3.63, 3.8) is 0 Å². The van der Waals surface area contributed by atoms with Gasteiger partial charge in [-0.2, -0.15) is 0 Å². The molecule has 35 heavy (non-hydrogen) atoms. The number of benzene rings is 2. The van der Waals surface area contributed by atoms with Gasteiger partial charge in [0.1, 0.15) is 5.82 Å². The van der Waals surface area contributed by atoms with Crippen molar-refractivity contribution in [1.29, 1.82) is 0 Å². The zero-order valence-corrected chi connectivity index (χ0v) is 21.8. The number of fused-ring (bicyclic) bond motifs is 1. The molecule has 3 aromatic rings. The van der Waals surface area contributed by atoms with Gasteiger partial charge in [-0.15, -0.1) is 0 Å². The third kappa shape index (κ3) is 5.37. The first-order valence-electron chi connectivity index (χ1n) is 11.5. The molecular weight excluding hydrogens is 470 g/mol. The van der Waals surface area contributed by atoms with Gasteiger partial charge in [-0.05, 0) is 43.7 Å². The smallest absolute Gasteiger partial charge is 0.261 e. The largest absolute Gasteiger partial charge is 0.493 e. The second kappa shape index (κ2) is 11.4. The van der Waals surface area contributed by atoms with Crippen LogP contribution < -0.4 is 19.8 Å². The van der Waals surface area contributed by atoms with Crippen molar-refractivity contribution in [2.24, 2.45) is 7.05 Å². The minimum Gasteiger partial charge on any atom is -0.493 e. The quantitative estimate of drug-likeness (QED) is 0.363. The van der Waals surface area contributed by atoms with Gasteiger partial charge in [0, 0.05) is 24.2 Å². The second-order valence-corrected chi connectivity index (χ2v) is 8.73. The molecule has 0 N–H and O–H groups in total. The SMILES string of the molecule is CCCCCN(C(=O)c1cc(OC)c(OC)c(OC)c1)C(C)c1nc2cc(Cl)ccc2c(=O)n1C. The maximum Gasteiger partial charge on any atom is 0.261 e. The van der Waals surface area contributed by atoms with Crippen molar-refractivity contribution in [1.82, 2.24) is 14.5 Å². The van der Waals surface area contributed by atoms with Crippen molar-refractivity contribution < 1.29 is 19.0 Å². The summed E-state index contributed by atoms with van der Waals surface area (Å²) in [7, 11) is 6.20. The van der Waals surface area contributed by atoms with Crippen LogP contribution in [0.3, 0.4) is 0 Å². The van der Waals surface area contributed by atoms with E-state index in [1.807, 2.05) is 6.92 Å². The van der Waals surface area contributed by atoms with Gasteiger partial charge in [-0.1, -0.05) is 31.4 Å². The summed E-state index contributed by atoms with van der Waals surface area (Å²) < 4.78 is 17.8. The number of methoxy groups -OCH3 is 3. The Hall–Kier alpha value is -3.26. The molecule has 0 aliphatic heterocycles. The molecule has 1 heterocycles. The van der Waals surface area contributed by atoms with E-state index in [0.29, 0.717) is 51.1 Å². The molecule has 1 unspecified atom stereocenters. The first-order chi connectivity index (χ1) is 16.8. The molecule has 0 bridgehead atoms. The Kier molecular flexibility index (Phi) is 8.62. The fraction of sp³-hybridized carbons (Fsp3) is 0.423.